The van der Waals surface area contributed by atoms with Crippen molar-refractivity contribution in [1.82, 2.24) is 20.2 Å². The second kappa shape index (κ2) is 9.82. The number of aldehydes is 1. The highest BCUT2D eigenvalue weighted by molar-refractivity contribution is 5.96. The smallest absolute Gasteiger partial charge is 0.305 e. The fourth-order valence-corrected chi connectivity index (χ4v) is 3.53. The summed E-state index contributed by atoms with van der Waals surface area (Å²) in [5.74, 6) is -1.95. The number of carboxylic acid groups (broad SMARTS) is 1. The van der Waals surface area contributed by atoms with Gasteiger partial charge in [0, 0.05) is 12.7 Å². The van der Waals surface area contributed by atoms with Crippen molar-refractivity contribution in [2.24, 2.45) is 0 Å². The molecule has 3 rings (SSSR count). The van der Waals surface area contributed by atoms with E-state index < -0.39 is 30.4 Å². The van der Waals surface area contributed by atoms with Gasteiger partial charge in [-0.2, -0.15) is 0 Å². The number of aryl methyl sites for hydroxylation is 2. The molecule has 9 heteroatoms. The molecule has 1 aliphatic rings. The van der Waals surface area contributed by atoms with E-state index in [-0.39, 0.29) is 11.7 Å². The quantitative estimate of drug-likeness (QED) is 0.526. The second-order valence-corrected chi connectivity index (χ2v) is 7.23. The Morgan fingerprint density at radius 1 is 1.27 bits per heavy atom. The predicted molar refractivity (Wildman–Crippen MR) is 107 cm³/mol. The molecule has 0 saturated carbocycles. The number of H-pyrrole nitrogens is 1. The van der Waals surface area contributed by atoms with Gasteiger partial charge in [0.2, 0.25) is 5.91 Å². The topological polar surface area (TPSA) is 132 Å². The standard InChI is InChI=1S/C21H24N4O5/c26-13-16(11-18(27)28)24-20(29)17-7-4-10-25(17)21(30)19-22-12-15(23-19)9-8-14-5-2-1-3-6-14/h1-3,5-6,12-13,16-17H,4,7-11H2,(H,22,23)(H,24,29)(H,27,28)/t16?,17-/m1/s1. The monoisotopic (exact) mass is 412 g/mol. The molecule has 1 fully saturated rings. The number of rotatable bonds is 9. The van der Waals surface area contributed by atoms with E-state index in [1.165, 1.54) is 10.5 Å². The van der Waals surface area contributed by atoms with Gasteiger partial charge in [-0.05, 0) is 31.2 Å². The number of aromatic nitrogens is 2. The number of hydrogen-bond donors (Lipinski definition) is 3. The second-order valence-electron chi connectivity index (χ2n) is 7.23. The van der Waals surface area contributed by atoms with E-state index in [2.05, 4.69) is 15.3 Å². The maximum absolute atomic E-state index is 12.9. The number of carbonyl (C=O) groups is 4. The summed E-state index contributed by atoms with van der Waals surface area (Å²) in [4.78, 5) is 55.9. The van der Waals surface area contributed by atoms with Crippen molar-refractivity contribution >= 4 is 24.1 Å². The maximum Gasteiger partial charge on any atom is 0.305 e. The number of nitrogens with zero attached hydrogens (tertiary/aromatic N) is 2. The Hall–Kier alpha value is -3.49. The molecule has 0 bridgehead atoms. The van der Waals surface area contributed by atoms with Crippen LogP contribution in [0.1, 0.15) is 41.1 Å². The van der Waals surface area contributed by atoms with Crippen LogP contribution < -0.4 is 5.32 Å². The summed E-state index contributed by atoms with van der Waals surface area (Å²) in [5.41, 5.74) is 1.93. The fraction of sp³-hybridized carbons (Fsp3) is 0.381. The first kappa shape index (κ1) is 21.2. The summed E-state index contributed by atoms with van der Waals surface area (Å²) in [6.07, 6.45) is 4.13. The molecule has 0 aliphatic carbocycles. The Labute approximate surface area is 173 Å². The van der Waals surface area contributed by atoms with Gasteiger partial charge in [0.1, 0.15) is 12.3 Å². The molecule has 1 saturated heterocycles. The lowest BCUT2D eigenvalue weighted by molar-refractivity contribution is -0.139. The number of carbonyl (C=O) groups excluding carboxylic acids is 3. The minimum absolute atomic E-state index is 0.162. The van der Waals surface area contributed by atoms with Crippen molar-refractivity contribution in [3.63, 3.8) is 0 Å². The molecule has 0 radical (unpaired) electrons. The molecule has 1 unspecified atom stereocenters. The zero-order valence-electron chi connectivity index (χ0n) is 16.4. The number of aliphatic carboxylic acids is 1. The van der Waals surface area contributed by atoms with E-state index in [0.29, 0.717) is 32.1 Å². The number of nitrogens with one attached hydrogen (secondary N) is 2. The van der Waals surface area contributed by atoms with E-state index in [4.69, 9.17) is 5.11 Å². The average Bonchev–Trinajstić information content (AvgIpc) is 3.41. The zero-order valence-corrected chi connectivity index (χ0v) is 16.4. The van der Waals surface area contributed by atoms with Gasteiger partial charge in [-0.3, -0.25) is 14.4 Å². The van der Waals surface area contributed by atoms with E-state index in [1.54, 1.807) is 6.20 Å². The third-order valence-corrected chi connectivity index (χ3v) is 5.05. The van der Waals surface area contributed by atoms with Crippen LogP contribution in [0.5, 0.6) is 0 Å². The number of carboxylic acids is 1. The van der Waals surface area contributed by atoms with Crippen molar-refractivity contribution in [1.29, 1.82) is 0 Å². The van der Waals surface area contributed by atoms with Crippen molar-refractivity contribution in [3.05, 3.63) is 53.6 Å². The van der Waals surface area contributed by atoms with Crippen molar-refractivity contribution in [2.75, 3.05) is 6.54 Å². The van der Waals surface area contributed by atoms with Crippen LogP contribution in [0.3, 0.4) is 0 Å². The van der Waals surface area contributed by atoms with Crippen molar-refractivity contribution in [2.45, 2.75) is 44.2 Å². The van der Waals surface area contributed by atoms with Crippen LogP contribution in [0, 0.1) is 0 Å². The van der Waals surface area contributed by atoms with E-state index in [0.717, 1.165) is 12.1 Å². The predicted octanol–water partition coefficient (Wildman–Crippen LogP) is 0.958. The fourth-order valence-electron chi connectivity index (χ4n) is 3.53. The molecular formula is C21H24N4O5. The van der Waals surface area contributed by atoms with Gasteiger partial charge in [-0.25, -0.2) is 4.98 Å². The highest BCUT2D eigenvalue weighted by Gasteiger charge is 2.36. The maximum atomic E-state index is 12.9. The van der Waals surface area contributed by atoms with Crippen molar-refractivity contribution < 1.29 is 24.3 Å². The summed E-state index contributed by atoms with van der Waals surface area (Å²) >= 11 is 0. The Bertz CT molecular complexity index is 911. The summed E-state index contributed by atoms with van der Waals surface area (Å²) in [6.45, 7) is 0.391. The highest BCUT2D eigenvalue weighted by Crippen LogP contribution is 2.20. The van der Waals surface area contributed by atoms with Crippen LogP contribution in [0.15, 0.2) is 36.5 Å². The summed E-state index contributed by atoms with van der Waals surface area (Å²) < 4.78 is 0. The van der Waals surface area contributed by atoms with Gasteiger partial charge in [-0.1, -0.05) is 30.3 Å². The molecule has 2 atom stereocenters. The van der Waals surface area contributed by atoms with Crippen LogP contribution in [0.25, 0.3) is 0 Å². The first-order valence-electron chi connectivity index (χ1n) is 9.84. The molecule has 1 aliphatic heterocycles. The Morgan fingerprint density at radius 2 is 2.03 bits per heavy atom. The van der Waals surface area contributed by atoms with Crippen LogP contribution in [-0.4, -0.2) is 62.7 Å². The van der Waals surface area contributed by atoms with Crippen LogP contribution >= 0.6 is 0 Å². The normalized spacial score (nSPS) is 16.8. The first-order chi connectivity index (χ1) is 14.5. The molecule has 158 valence electrons. The summed E-state index contributed by atoms with van der Waals surface area (Å²) in [6, 6.07) is 8.08. The number of likely N-dealkylation sites (tertiary alicyclic amines) is 1. The lowest BCUT2D eigenvalue weighted by Gasteiger charge is -2.24. The molecular weight excluding hydrogens is 388 g/mol. The number of aromatic amines is 1. The van der Waals surface area contributed by atoms with Crippen LogP contribution in [-0.2, 0) is 27.2 Å². The Balaban J connectivity index is 1.61. The summed E-state index contributed by atoms with van der Waals surface area (Å²) in [5, 5.41) is 11.2. The average molecular weight is 412 g/mol. The lowest BCUT2D eigenvalue weighted by Crippen LogP contribution is -2.49. The molecule has 2 amide bonds. The largest absolute Gasteiger partial charge is 0.481 e. The highest BCUT2D eigenvalue weighted by atomic mass is 16.4. The van der Waals surface area contributed by atoms with Gasteiger partial charge < -0.3 is 25.1 Å². The third kappa shape index (κ3) is 5.31. The molecule has 2 aromatic rings. The Kier molecular flexibility index (Phi) is 6.95. The SMILES string of the molecule is O=CC(CC(=O)O)NC(=O)[C@H]1CCCN1C(=O)c1nc(CCc2ccccc2)c[nH]1. The molecule has 30 heavy (non-hydrogen) atoms. The van der Waals surface area contributed by atoms with Gasteiger partial charge in [0.05, 0.1) is 18.2 Å². The third-order valence-electron chi connectivity index (χ3n) is 5.05. The lowest BCUT2D eigenvalue weighted by atomic mass is 10.1. The molecule has 0 spiro atoms. The first-order valence-corrected chi connectivity index (χ1v) is 9.84. The van der Waals surface area contributed by atoms with Crippen LogP contribution in [0.4, 0.5) is 0 Å². The van der Waals surface area contributed by atoms with E-state index in [1.807, 2.05) is 30.3 Å². The van der Waals surface area contributed by atoms with Gasteiger partial charge in [-0.15, -0.1) is 0 Å². The minimum atomic E-state index is -1.19. The molecule has 2 heterocycles. The summed E-state index contributed by atoms with van der Waals surface area (Å²) in [7, 11) is 0. The Morgan fingerprint density at radius 3 is 2.73 bits per heavy atom. The zero-order chi connectivity index (χ0) is 21.5. The number of amides is 2. The molecule has 3 N–H and O–H groups in total. The molecule has 1 aromatic heterocycles. The van der Waals surface area contributed by atoms with Crippen LogP contribution in [0.2, 0.25) is 0 Å². The van der Waals surface area contributed by atoms with Crippen molar-refractivity contribution in [3.8, 4) is 0 Å². The molecule has 1 aromatic carbocycles. The van der Waals surface area contributed by atoms with Gasteiger partial charge >= 0.3 is 5.97 Å². The van der Waals surface area contributed by atoms with Gasteiger partial charge in [0.15, 0.2) is 5.82 Å². The van der Waals surface area contributed by atoms with E-state index >= 15 is 0 Å². The number of imidazole rings is 1. The van der Waals surface area contributed by atoms with Gasteiger partial charge in [0.25, 0.3) is 5.91 Å². The minimum Gasteiger partial charge on any atom is -0.481 e. The molecule has 9 nitrogen and oxygen atoms in total. The number of benzene rings is 1. The number of hydrogen-bond acceptors (Lipinski definition) is 5. The van der Waals surface area contributed by atoms with E-state index in [9.17, 15) is 19.2 Å².